The topological polar surface area (TPSA) is 84.2 Å². The van der Waals surface area contributed by atoms with Crippen LogP contribution in [0.4, 0.5) is 0 Å². The van der Waals surface area contributed by atoms with Gasteiger partial charge in [0.15, 0.2) is 0 Å². The second-order valence-electron chi connectivity index (χ2n) is 6.87. The Morgan fingerprint density at radius 3 is 2.31 bits per heavy atom. The summed E-state index contributed by atoms with van der Waals surface area (Å²) in [5.41, 5.74) is 0.732. The minimum atomic E-state index is -0.435. The Labute approximate surface area is 183 Å². The highest BCUT2D eigenvalue weighted by Gasteiger charge is 2.13. The highest BCUT2D eigenvalue weighted by molar-refractivity contribution is 5.81. The maximum absolute atomic E-state index is 12.8. The lowest BCUT2D eigenvalue weighted by molar-refractivity contribution is -0.133. The molecule has 4 aromatic rings. The van der Waals surface area contributed by atoms with Crippen LogP contribution in [0.15, 0.2) is 82.2 Å². The standard InChI is InChI=1S/C25H20O7/c1-28-17-8-6-16(7-9-17)12-24(26)32-20-10-11-21-22(14-20)30-15-23(25(21)27)31-19-5-3-4-18(13-19)29-2/h3-11,13-15H,12H2,1-2H3. The van der Waals surface area contributed by atoms with Crippen LogP contribution < -0.4 is 24.4 Å². The summed E-state index contributed by atoms with van der Waals surface area (Å²) in [7, 11) is 3.13. The van der Waals surface area contributed by atoms with E-state index in [1.54, 1.807) is 68.8 Å². The van der Waals surface area contributed by atoms with E-state index < -0.39 is 5.97 Å². The van der Waals surface area contributed by atoms with Crippen molar-refractivity contribution in [3.63, 3.8) is 0 Å². The van der Waals surface area contributed by atoms with Gasteiger partial charge in [-0.15, -0.1) is 0 Å². The first-order valence-corrected chi connectivity index (χ1v) is 9.77. The lowest BCUT2D eigenvalue weighted by Gasteiger charge is -2.08. The van der Waals surface area contributed by atoms with Crippen molar-refractivity contribution in [1.82, 2.24) is 0 Å². The Hall–Kier alpha value is -4.26. The normalized spacial score (nSPS) is 10.6. The molecule has 7 nitrogen and oxygen atoms in total. The lowest BCUT2D eigenvalue weighted by Crippen LogP contribution is -2.11. The minimum Gasteiger partial charge on any atom is -0.497 e. The molecule has 0 spiro atoms. The van der Waals surface area contributed by atoms with E-state index in [4.69, 9.17) is 23.4 Å². The van der Waals surface area contributed by atoms with Gasteiger partial charge < -0.3 is 23.4 Å². The van der Waals surface area contributed by atoms with E-state index in [-0.39, 0.29) is 28.9 Å². The summed E-state index contributed by atoms with van der Waals surface area (Å²) < 4.78 is 26.9. The van der Waals surface area contributed by atoms with E-state index in [9.17, 15) is 9.59 Å². The molecule has 7 heteroatoms. The SMILES string of the molecule is COc1ccc(CC(=O)Oc2ccc3c(=O)c(Oc4cccc(OC)c4)coc3c2)cc1. The Bertz CT molecular complexity index is 1310. The summed E-state index contributed by atoms with van der Waals surface area (Å²) in [6.45, 7) is 0. The first-order valence-electron chi connectivity index (χ1n) is 9.77. The predicted octanol–water partition coefficient (Wildman–Crippen LogP) is 4.75. The van der Waals surface area contributed by atoms with Crippen LogP contribution in [0.5, 0.6) is 28.7 Å². The van der Waals surface area contributed by atoms with Crippen molar-refractivity contribution in [2.45, 2.75) is 6.42 Å². The third-order valence-electron chi connectivity index (χ3n) is 4.72. The number of hydrogen-bond acceptors (Lipinski definition) is 7. The van der Waals surface area contributed by atoms with Crippen LogP contribution in [0.25, 0.3) is 11.0 Å². The Morgan fingerprint density at radius 2 is 1.56 bits per heavy atom. The maximum Gasteiger partial charge on any atom is 0.315 e. The molecule has 0 saturated carbocycles. The summed E-state index contributed by atoms with van der Waals surface area (Å²) in [6, 6.07) is 18.6. The van der Waals surface area contributed by atoms with E-state index in [0.717, 1.165) is 5.56 Å². The van der Waals surface area contributed by atoms with Crippen LogP contribution in [0, 0.1) is 0 Å². The maximum atomic E-state index is 12.8. The smallest absolute Gasteiger partial charge is 0.315 e. The average molecular weight is 432 g/mol. The van der Waals surface area contributed by atoms with Crippen LogP contribution in [0.1, 0.15) is 5.56 Å². The molecule has 0 aliphatic heterocycles. The van der Waals surface area contributed by atoms with Crippen LogP contribution in [0.2, 0.25) is 0 Å². The first kappa shape index (κ1) is 21.0. The number of ether oxygens (including phenoxy) is 4. The van der Waals surface area contributed by atoms with Crippen molar-refractivity contribution in [1.29, 1.82) is 0 Å². The third kappa shape index (κ3) is 4.73. The molecular formula is C25H20O7. The first-order chi connectivity index (χ1) is 15.6. The van der Waals surface area contributed by atoms with Gasteiger partial charge in [-0.1, -0.05) is 18.2 Å². The Morgan fingerprint density at radius 1 is 0.844 bits per heavy atom. The van der Waals surface area contributed by atoms with Gasteiger partial charge in [0.1, 0.15) is 34.8 Å². The van der Waals surface area contributed by atoms with Gasteiger partial charge in [0, 0.05) is 12.1 Å². The second-order valence-corrected chi connectivity index (χ2v) is 6.87. The quantitative estimate of drug-likeness (QED) is 0.308. The van der Waals surface area contributed by atoms with Crippen LogP contribution in [-0.2, 0) is 11.2 Å². The van der Waals surface area contributed by atoms with Crippen molar-refractivity contribution in [2.75, 3.05) is 14.2 Å². The number of fused-ring (bicyclic) bond motifs is 1. The summed E-state index contributed by atoms with van der Waals surface area (Å²) in [6.07, 6.45) is 1.33. The van der Waals surface area contributed by atoms with Crippen molar-refractivity contribution in [3.05, 3.63) is 88.8 Å². The third-order valence-corrected chi connectivity index (χ3v) is 4.72. The number of carbonyl (C=O) groups excluding carboxylic acids is 1. The van der Waals surface area contributed by atoms with Crippen molar-refractivity contribution >= 4 is 16.9 Å². The minimum absolute atomic E-state index is 0.0370. The molecule has 3 aromatic carbocycles. The van der Waals surface area contributed by atoms with Crippen molar-refractivity contribution in [3.8, 4) is 28.7 Å². The highest BCUT2D eigenvalue weighted by atomic mass is 16.5. The molecule has 0 bridgehead atoms. The van der Waals surface area contributed by atoms with Crippen LogP contribution in [0.3, 0.4) is 0 Å². The van der Waals surface area contributed by atoms with Crippen LogP contribution >= 0.6 is 0 Å². The number of carbonyl (C=O) groups is 1. The van der Waals surface area contributed by atoms with Gasteiger partial charge in [-0.3, -0.25) is 9.59 Å². The molecule has 0 aliphatic carbocycles. The Balaban J connectivity index is 1.49. The van der Waals surface area contributed by atoms with E-state index in [1.165, 1.54) is 18.4 Å². The Kier molecular flexibility index (Phi) is 6.07. The molecule has 32 heavy (non-hydrogen) atoms. The number of benzene rings is 3. The van der Waals surface area contributed by atoms with Gasteiger partial charge in [-0.2, -0.15) is 0 Å². The zero-order chi connectivity index (χ0) is 22.5. The zero-order valence-corrected chi connectivity index (χ0v) is 17.5. The molecule has 0 unspecified atom stereocenters. The molecule has 0 fully saturated rings. The van der Waals surface area contributed by atoms with Gasteiger partial charge in [0.05, 0.1) is 26.0 Å². The van der Waals surface area contributed by atoms with Gasteiger partial charge in [-0.05, 0) is 42.0 Å². The zero-order valence-electron chi connectivity index (χ0n) is 17.5. The summed E-state index contributed by atoms with van der Waals surface area (Å²) in [5.74, 6) is 1.64. The summed E-state index contributed by atoms with van der Waals surface area (Å²) in [5, 5.41) is 0.306. The molecule has 0 saturated heterocycles. The average Bonchev–Trinajstić information content (AvgIpc) is 2.81. The summed E-state index contributed by atoms with van der Waals surface area (Å²) >= 11 is 0. The number of rotatable bonds is 7. The van der Waals surface area contributed by atoms with Crippen molar-refractivity contribution < 1.29 is 28.2 Å². The number of esters is 1. The number of hydrogen-bond donors (Lipinski definition) is 0. The second kappa shape index (κ2) is 9.26. The van der Waals surface area contributed by atoms with Gasteiger partial charge in [0.25, 0.3) is 0 Å². The predicted molar refractivity (Wildman–Crippen MR) is 118 cm³/mol. The molecule has 0 radical (unpaired) electrons. The van der Waals surface area contributed by atoms with E-state index in [2.05, 4.69) is 0 Å². The van der Waals surface area contributed by atoms with Gasteiger partial charge in [0.2, 0.25) is 11.2 Å². The highest BCUT2D eigenvalue weighted by Crippen LogP contribution is 2.26. The lowest BCUT2D eigenvalue weighted by atomic mass is 10.1. The van der Waals surface area contributed by atoms with E-state index >= 15 is 0 Å². The van der Waals surface area contributed by atoms with Gasteiger partial charge in [-0.25, -0.2) is 0 Å². The molecule has 1 heterocycles. The largest absolute Gasteiger partial charge is 0.497 e. The van der Waals surface area contributed by atoms with Crippen LogP contribution in [-0.4, -0.2) is 20.2 Å². The molecule has 4 rings (SSSR count). The fraction of sp³-hybridized carbons (Fsp3) is 0.120. The monoisotopic (exact) mass is 432 g/mol. The molecule has 0 aliphatic rings. The molecule has 0 atom stereocenters. The van der Waals surface area contributed by atoms with Crippen molar-refractivity contribution in [2.24, 2.45) is 0 Å². The molecule has 162 valence electrons. The molecule has 0 amide bonds. The fourth-order valence-electron chi connectivity index (χ4n) is 3.09. The molecule has 1 aromatic heterocycles. The number of methoxy groups -OCH3 is 2. The molecule has 0 N–H and O–H groups in total. The fourth-order valence-corrected chi connectivity index (χ4v) is 3.09. The molecular weight excluding hydrogens is 412 g/mol. The van der Waals surface area contributed by atoms with E-state index in [0.29, 0.717) is 22.6 Å². The van der Waals surface area contributed by atoms with E-state index in [1.807, 2.05) is 0 Å². The van der Waals surface area contributed by atoms with Gasteiger partial charge >= 0.3 is 5.97 Å². The summed E-state index contributed by atoms with van der Waals surface area (Å²) in [4.78, 5) is 25.1.